The smallest absolute Gasteiger partial charge is 0.407 e. The van der Waals surface area contributed by atoms with Gasteiger partial charge in [-0.2, -0.15) is 0 Å². The van der Waals surface area contributed by atoms with E-state index in [9.17, 15) is 4.79 Å². The molecular weight excluding hydrogens is 314 g/mol. The van der Waals surface area contributed by atoms with E-state index in [4.69, 9.17) is 5.11 Å². The lowest BCUT2D eigenvalue weighted by molar-refractivity contribution is 0.150. The van der Waals surface area contributed by atoms with Crippen LogP contribution in [0.1, 0.15) is 17.5 Å². The molecule has 0 aliphatic carbocycles. The normalized spacial score (nSPS) is 14.6. The summed E-state index contributed by atoms with van der Waals surface area (Å²) in [6.45, 7) is 3.11. The first-order chi connectivity index (χ1) is 12.1. The zero-order valence-electron chi connectivity index (χ0n) is 14.0. The molecule has 2 N–H and O–H groups in total. The lowest BCUT2D eigenvalue weighted by atomic mass is 9.93. The Morgan fingerprint density at radius 3 is 2.84 bits per heavy atom. The minimum absolute atomic E-state index is 0.458. The van der Waals surface area contributed by atoms with E-state index in [2.05, 4.69) is 41.2 Å². The van der Waals surface area contributed by atoms with Crippen molar-refractivity contribution in [2.45, 2.75) is 13.3 Å². The highest BCUT2D eigenvalue weighted by atomic mass is 16.4. The van der Waals surface area contributed by atoms with Gasteiger partial charge in [0, 0.05) is 36.4 Å². The maximum Gasteiger partial charge on any atom is 0.407 e. The van der Waals surface area contributed by atoms with Crippen molar-refractivity contribution >= 4 is 22.7 Å². The van der Waals surface area contributed by atoms with Crippen molar-refractivity contribution in [3.8, 4) is 11.1 Å². The Kier molecular flexibility index (Phi) is 3.76. The molecule has 1 aliphatic heterocycles. The quantitative estimate of drug-likeness (QED) is 0.734. The number of aryl methyl sites for hydroxylation is 1. The van der Waals surface area contributed by atoms with Crippen LogP contribution in [0, 0.1) is 6.92 Å². The molecule has 0 unspecified atom stereocenters. The topological polar surface area (TPSA) is 69.2 Å². The molecule has 0 saturated heterocycles. The van der Waals surface area contributed by atoms with Crippen molar-refractivity contribution in [3.05, 3.63) is 59.9 Å². The first-order valence-electron chi connectivity index (χ1n) is 8.33. The molecule has 0 fully saturated rings. The highest BCUT2D eigenvalue weighted by molar-refractivity contribution is 5.82. The van der Waals surface area contributed by atoms with E-state index < -0.39 is 6.09 Å². The van der Waals surface area contributed by atoms with E-state index >= 15 is 0 Å². The summed E-state index contributed by atoms with van der Waals surface area (Å²) in [6.07, 6.45) is 5.70. The van der Waals surface area contributed by atoms with E-state index in [0.717, 1.165) is 28.6 Å². The van der Waals surface area contributed by atoms with E-state index in [-0.39, 0.29) is 0 Å². The third-order valence-corrected chi connectivity index (χ3v) is 4.79. The second-order valence-electron chi connectivity index (χ2n) is 6.38. The van der Waals surface area contributed by atoms with Gasteiger partial charge in [-0.3, -0.25) is 0 Å². The van der Waals surface area contributed by atoms with Crippen LogP contribution < -0.4 is 0 Å². The SMILES string of the molecule is Cc1cc(-c2cnc3[nH]ccc3c2)ccc1C1=CCN(C(=O)O)CC1. The second-order valence-corrected chi connectivity index (χ2v) is 6.38. The second kappa shape index (κ2) is 6.09. The molecule has 0 saturated carbocycles. The summed E-state index contributed by atoms with van der Waals surface area (Å²) >= 11 is 0. The van der Waals surface area contributed by atoms with Gasteiger partial charge in [-0.25, -0.2) is 9.78 Å². The average molecular weight is 333 g/mol. The molecule has 2 aromatic heterocycles. The number of aromatic nitrogens is 2. The average Bonchev–Trinajstić information content (AvgIpc) is 3.09. The summed E-state index contributed by atoms with van der Waals surface area (Å²) in [7, 11) is 0. The summed E-state index contributed by atoms with van der Waals surface area (Å²) in [6, 6.07) is 10.6. The number of benzene rings is 1. The van der Waals surface area contributed by atoms with Gasteiger partial charge >= 0.3 is 6.09 Å². The minimum Gasteiger partial charge on any atom is -0.465 e. The summed E-state index contributed by atoms with van der Waals surface area (Å²) in [4.78, 5) is 20.0. The minimum atomic E-state index is -0.852. The third kappa shape index (κ3) is 2.89. The van der Waals surface area contributed by atoms with E-state index in [1.807, 2.05) is 24.5 Å². The standard InChI is InChI=1S/C20H19N3O2/c1-13-10-15(17-11-16-4-7-21-19(16)22-12-17)2-3-18(13)14-5-8-23(9-6-14)20(24)25/h2-5,7,10-12H,6,8-9H2,1H3,(H,21,22)(H,24,25). The molecule has 25 heavy (non-hydrogen) atoms. The van der Waals surface area contributed by atoms with Gasteiger partial charge in [-0.1, -0.05) is 24.3 Å². The van der Waals surface area contributed by atoms with Crippen LogP contribution in [0.4, 0.5) is 4.79 Å². The molecule has 5 heteroatoms. The Morgan fingerprint density at radius 2 is 2.12 bits per heavy atom. The fourth-order valence-electron chi connectivity index (χ4n) is 3.39. The molecule has 3 aromatic rings. The first kappa shape index (κ1) is 15.4. The molecule has 3 heterocycles. The zero-order valence-corrected chi connectivity index (χ0v) is 14.0. The molecule has 0 spiro atoms. The molecule has 126 valence electrons. The molecule has 5 nitrogen and oxygen atoms in total. The molecule has 4 rings (SSSR count). The Balaban J connectivity index is 1.64. The van der Waals surface area contributed by atoms with E-state index in [1.165, 1.54) is 21.6 Å². The van der Waals surface area contributed by atoms with Crippen molar-refractivity contribution in [2.75, 3.05) is 13.1 Å². The van der Waals surface area contributed by atoms with Crippen LogP contribution in [-0.2, 0) is 0 Å². The number of hydrogen-bond donors (Lipinski definition) is 2. The lowest BCUT2D eigenvalue weighted by Crippen LogP contribution is -2.33. The van der Waals surface area contributed by atoms with E-state index in [1.54, 1.807) is 0 Å². The van der Waals surface area contributed by atoms with Gasteiger partial charge < -0.3 is 15.0 Å². The summed E-state index contributed by atoms with van der Waals surface area (Å²) in [5, 5.41) is 10.2. The number of fused-ring (bicyclic) bond motifs is 1. The number of nitrogens with one attached hydrogen (secondary N) is 1. The Labute approximate surface area is 145 Å². The highest BCUT2D eigenvalue weighted by Crippen LogP contribution is 2.30. The number of amides is 1. The molecule has 0 radical (unpaired) electrons. The fraction of sp³-hybridized carbons (Fsp3) is 0.200. The van der Waals surface area contributed by atoms with E-state index in [0.29, 0.717) is 13.1 Å². The Hall–Kier alpha value is -3.08. The van der Waals surface area contributed by atoms with Crippen LogP contribution in [-0.4, -0.2) is 39.2 Å². The van der Waals surface area contributed by atoms with Crippen molar-refractivity contribution in [1.82, 2.24) is 14.9 Å². The number of nitrogens with zero attached hydrogens (tertiary/aromatic N) is 2. The fourth-order valence-corrected chi connectivity index (χ4v) is 3.39. The Morgan fingerprint density at radius 1 is 1.24 bits per heavy atom. The molecule has 0 atom stereocenters. The Bertz CT molecular complexity index is 988. The van der Waals surface area contributed by atoms with Gasteiger partial charge in [-0.15, -0.1) is 0 Å². The molecular formula is C20H19N3O2. The number of H-pyrrole nitrogens is 1. The zero-order chi connectivity index (χ0) is 17.4. The maximum absolute atomic E-state index is 11.0. The van der Waals surface area contributed by atoms with Crippen LogP contribution >= 0.6 is 0 Å². The first-order valence-corrected chi connectivity index (χ1v) is 8.33. The predicted molar refractivity (Wildman–Crippen MR) is 98.5 cm³/mol. The number of hydrogen-bond acceptors (Lipinski definition) is 2. The number of aromatic amines is 1. The maximum atomic E-state index is 11.0. The van der Waals surface area contributed by atoms with Crippen molar-refractivity contribution in [2.24, 2.45) is 0 Å². The number of carboxylic acid groups (broad SMARTS) is 1. The number of carbonyl (C=O) groups is 1. The summed E-state index contributed by atoms with van der Waals surface area (Å²) < 4.78 is 0. The monoisotopic (exact) mass is 333 g/mol. The van der Waals surface area contributed by atoms with Gasteiger partial charge in [0.05, 0.1) is 0 Å². The van der Waals surface area contributed by atoms with Gasteiger partial charge in [0.2, 0.25) is 0 Å². The van der Waals surface area contributed by atoms with Gasteiger partial charge in [0.1, 0.15) is 5.65 Å². The molecule has 1 aromatic carbocycles. The number of rotatable bonds is 2. The molecule has 1 amide bonds. The van der Waals surface area contributed by atoms with Crippen LogP contribution in [0.5, 0.6) is 0 Å². The molecule has 1 aliphatic rings. The number of pyridine rings is 1. The predicted octanol–water partition coefficient (Wildman–Crippen LogP) is 4.31. The van der Waals surface area contributed by atoms with Crippen LogP contribution in [0.25, 0.3) is 27.7 Å². The molecule has 0 bridgehead atoms. The van der Waals surface area contributed by atoms with Gasteiger partial charge in [0.15, 0.2) is 0 Å². The lowest BCUT2D eigenvalue weighted by Gasteiger charge is -2.24. The van der Waals surface area contributed by atoms with Crippen molar-refractivity contribution in [1.29, 1.82) is 0 Å². The third-order valence-electron chi connectivity index (χ3n) is 4.79. The van der Waals surface area contributed by atoms with Gasteiger partial charge in [0.25, 0.3) is 0 Å². The summed E-state index contributed by atoms with van der Waals surface area (Å²) in [5.41, 5.74) is 6.75. The van der Waals surface area contributed by atoms with Crippen LogP contribution in [0.3, 0.4) is 0 Å². The van der Waals surface area contributed by atoms with Crippen molar-refractivity contribution in [3.63, 3.8) is 0 Å². The van der Waals surface area contributed by atoms with Gasteiger partial charge in [-0.05, 0) is 47.7 Å². The highest BCUT2D eigenvalue weighted by Gasteiger charge is 2.17. The van der Waals surface area contributed by atoms with Crippen LogP contribution in [0.15, 0.2) is 48.8 Å². The van der Waals surface area contributed by atoms with Crippen LogP contribution in [0.2, 0.25) is 0 Å². The van der Waals surface area contributed by atoms with Crippen molar-refractivity contribution < 1.29 is 9.90 Å². The summed E-state index contributed by atoms with van der Waals surface area (Å²) in [5.74, 6) is 0. The largest absolute Gasteiger partial charge is 0.465 e.